The molecule has 0 bridgehead atoms. The van der Waals surface area contributed by atoms with E-state index in [1.165, 1.54) is 22.6 Å². The first-order chi connectivity index (χ1) is 23.7. The van der Waals surface area contributed by atoms with Gasteiger partial charge in [-0.3, -0.25) is 14.5 Å². The van der Waals surface area contributed by atoms with E-state index in [-0.39, 0.29) is 24.3 Å². The Labute approximate surface area is 293 Å². The molecule has 1 aliphatic rings. The van der Waals surface area contributed by atoms with Gasteiger partial charge in [-0.15, -0.1) is 0 Å². The van der Waals surface area contributed by atoms with Crippen LogP contribution in [-0.2, 0) is 30.8 Å². The molecule has 1 heterocycles. The van der Waals surface area contributed by atoms with Crippen LogP contribution in [0.15, 0.2) is 108 Å². The van der Waals surface area contributed by atoms with Gasteiger partial charge in [0, 0.05) is 12.8 Å². The highest BCUT2D eigenvalue weighted by atomic mass is 32.2. The molecule has 0 radical (unpaired) electrons. The summed E-state index contributed by atoms with van der Waals surface area (Å²) in [4.78, 5) is 42.2. The fraction of sp³-hybridized carbons (Fsp3) is 0.308. The van der Waals surface area contributed by atoms with Crippen LogP contribution in [-0.4, -0.2) is 61.6 Å². The van der Waals surface area contributed by atoms with Gasteiger partial charge in [0.15, 0.2) is 0 Å². The quantitative estimate of drug-likeness (QED) is 0.209. The molecule has 0 aromatic heterocycles. The van der Waals surface area contributed by atoms with Gasteiger partial charge in [0.05, 0.1) is 11.4 Å². The fourth-order valence-electron chi connectivity index (χ4n) is 5.63. The normalized spacial score (nSPS) is 16.7. The lowest BCUT2D eigenvalue weighted by atomic mass is 10.0. The highest BCUT2D eigenvalue weighted by Crippen LogP contribution is 2.28. The average molecular weight is 698 g/mol. The second kappa shape index (κ2) is 15.2. The van der Waals surface area contributed by atoms with E-state index in [9.17, 15) is 22.8 Å². The van der Waals surface area contributed by atoms with Crippen LogP contribution in [0.1, 0.15) is 43.9 Å². The maximum Gasteiger partial charge on any atom is 0.411 e. The number of benzene rings is 4. The molecule has 3 atom stereocenters. The molecular formula is C39H43N3O7S. The average Bonchev–Trinajstić information content (AvgIpc) is 3.49. The minimum absolute atomic E-state index is 0.00818. The van der Waals surface area contributed by atoms with E-state index < -0.39 is 51.7 Å². The fourth-order valence-corrected chi connectivity index (χ4v) is 6.64. The van der Waals surface area contributed by atoms with Crippen molar-refractivity contribution < 1.29 is 32.3 Å². The number of carbonyl (C=O) groups is 3. The molecule has 0 spiro atoms. The molecule has 5 rings (SSSR count). The van der Waals surface area contributed by atoms with Crippen LogP contribution < -0.4 is 14.8 Å². The predicted octanol–water partition coefficient (Wildman–Crippen LogP) is 5.96. The van der Waals surface area contributed by atoms with Gasteiger partial charge in [-0.25, -0.2) is 17.9 Å². The Balaban J connectivity index is 1.35. The summed E-state index contributed by atoms with van der Waals surface area (Å²) in [6.45, 7) is 9.11. The summed E-state index contributed by atoms with van der Waals surface area (Å²) in [5.74, 6) is -0.981. The topological polar surface area (TPSA) is 131 Å². The smallest absolute Gasteiger partial charge is 0.411 e. The number of rotatable bonds is 10. The van der Waals surface area contributed by atoms with Gasteiger partial charge in [-0.2, -0.15) is 0 Å². The van der Waals surface area contributed by atoms with E-state index in [1.807, 2.05) is 68.4 Å². The minimum atomic E-state index is -4.23. The molecule has 1 fully saturated rings. The molecule has 2 N–H and O–H groups in total. The largest absolute Gasteiger partial charge is 0.488 e. The van der Waals surface area contributed by atoms with Crippen molar-refractivity contribution in [2.75, 3.05) is 6.54 Å². The molecule has 1 aliphatic heterocycles. The van der Waals surface area contributed by atoms with E-state index in [0.29, 0.717) is 11.3 Å². The molecular weight excluding hydrogens is 655 g/mol. The van der Waals surface area contributed by atoms with Crippen molar-refractivity contribution in [1.29, 1.82) is 0 Å². The molecule has 50 heavy (non-hydrogen) atoms. The number of ether oxygens (including phenoxy) is 2. The standard InChI is InChI=1S/C39H43N3O7S/c1-26-11-15-29(16-12-26)30-17-19-31(20-18-30)48-32-24-35(42(25-32)38(45)49-39(3,4)5)37(44)40-34(23-28-9-7-6-8-10-28)36(43)41-50(46,47)33-21-13-27(2)14-22-33/h6-22,32,34-35H,23-25H2,1-5H3,(H,40,44)(H,41,43)/t32-,34-,35-/m0/s1. The SMILES string of the molecule is Cc1ccc(-c2ccc(O[C@H]3C[C@@H](C(=O)N[C@@H](Cc4ccccc4)C(=O)NS(=O)(=O)c4ccc(C)cc4)N(C(=O)OC(C)(C)C)C3)cc2)cc1. The number of hydrogen-bond acceptors (Lipinski definition) is 7. The van der Waals surface area contributed by atoms with Crippen molar-refractivity contribution in [3.05, 3.63) is 120 Å². The van der Waals surface area contributed by atoms with Crippen molar-refractivity contribution in [1.82, 2.24) is 14.9 Å². The number of sulfonamides is 1. The zero-order valence-electron chi connectivity index (χ0n) is 28.9. The van der Waals surface area contributed by atoms with Crippen molar-refractivity contribution >= 4 is 27.9 Å². The van der Waals surface area contributed by atoms with Crippen LogP contribution in [0.4, 0.5) is 4.79 Å². The summed E-state index contributed by atoms with van der Waals surface area (Å²) in [5, 5.41) is 2.73. The van der Waals surface area contributed by atoms with Crippen molar-refractivity contribution in [3.8, 4) is 16.9 Å². The zero-order valence-corrected chi connectivity index (χ0v) is 29.7. The Kier molecular flexibility index (Phi) is 11.0. The highest BCUT2D eigenvalue weighted by Gasteiger charge is 2.43. The van der Waals surface area contributed by atoms with Crippen LogP contribution in [0.5, 0.6) is 5.75 Å². The van der Waals surface area contributed by atoms with Gasteiger partial charge >= 0.3 is 6.09 Å². The lowest BCUT2D eigenvalue weighted by Crippen LogP contribution is -2.54. The van der Waals surface area contributed by atoms with Crippen LogP contribution in [0.25, 0.3) is 11.1 Å². The second-order valence-electron chi connectivity index (χ2n) is 13.5. The van der Waals surface area contributed by atoms with E-state index in [2.05, 4.69) is 10.0 Å². The minimum Gasteiger partial charge on any atom is -0.488 e. The zero-order chi connectivity index (χ0) is 36.1. The third kappa shape index (κ3) is 9.50. The summed E-state index contributed by atoms with van der Waals surface area (Å²) in [7, 11) is -4.23. The molecule has 0 saturated carbocycles. The summed E-state index contributed by atoms with van der Waals surface area (Å²) < 4.78 is 40.3. The van der Waals surface area contributed by atoms with Crippen molar-refractivity contribution in [3.63, 3.8) is 0 Å². The lowest BCUT2D eigenvalue weighted by molar-refractivity contribution is -0.130. The van der Waals surface area contributed by atoms with Crippen molar-refractivity contribution in [2.24, 2.45) is 0 Å². The molecule has 262 valence electrons. The van der Waals surface area contributed by atoms with Gasteiger partial charge in [0.1, 0.15) is 29.5 Å². The first kappa shape index (κ1) is 36.1. The maximum atomic E-state index is 14.0. The molecule has 0 aliphatic carbocycles. The second-order valence-corrected chi connectivity index (χ2v) is 15.2. The Morgan fingerprint density at radius 3 is 1.96 bits per heavy atom. The van der Waals surface area contributed by atoms with Gasteiger partial charge in [-0.05, 0) is 75.6 Å². The highest BCUT2D eigenvalue weighted by molar-refractivity contribution is 7.90. The number of hydrogen-bond donors (Lipinski definition) is 2. The van der Waals surface area contributed by atoms with Crippen LogP contribution in [0.3, 0.4) is 0 Å². The van der Waals surface area contributed by atoms with Gasteiger partial charge < -0.3 is 14.8 Å². The van der Waals surface area contributed by atoms with E-state index >= 15 is 0 Å². The van der Waals surface area contributed by atoms with E-state index in [4.69, 9.17) is 9.47 Å². The third-order valence-electron chi connectivity index (χ3n) is 8.22. The maximum absolute atomic E-state index is 14.0. The van der Waals surface area contributed by atoms with Gasteiger partial charge in [0.25, 0.3) is 15.9 Å². The van der Waals surface area contributed by atoms with Crippen LogP contribution in [0.2, 0.25) is 0 Å². The first-order valence-electron chi connectivity index (χ1n) is 16.5. The first-order valence-corrected chi connectivity index (χ1v) is 18.0. The number of nitrogens with zero attached hydrogens (tertiary/aromatic N) is 1. The van der Waals surface area contributed by atoms with Gasteiger partial charge in [0.2, 0.25) is 5.91 Å². The Morgan fingerprint density at radius 1 is 0.820 bits per heavy atom. The Morgan fingerprint density at radius 2 is 1.38 bits per heavy atom. The van der Waals surface area contributed by atoms with E-state index in [1.54, 1.807) is 57.2 Å². The molecule has 4 aromatic rings. The Hall–Kier alpha value is -5.16. The molecule has 0 unspecified atom stereocenters. The molecule has 4 aromatic carbocycles. The number of amides is 3. The third-order valence-corrected chi connectivity index (χ3v) is 9.58. The Bertz CT molecular complexity index is 1910. The summed E-state index contributed by atoms with van der Waals surface area (Å²) in [5.41, 5.74) is 3.98. The summed E-state index contributed by atoms with van der Waals surface area (Å²) >= 11 is 0. The monoisotopic (exact) mass is 697 g/mol. The summed E-state index contributed by atoms with van der Waals surface area (Å²) in [6, 6.07) is 28.4. The number of likely N-dealkylation sites (tertiary alicyclic amines) is 1. The molecule has 11 heteroatoms. The van der Waals surface area contributed by atoms with Crippen molar-refractivity contribution in [2.45, 2.75) is 76.1 Å². The number of nitrogens with one attached hydrogen (secondary N) is 2. The van der Waals surface area contributed by atoms with Gasteiger partial charge in [-0.1, -0.05) is 90.0 Å². The molecule has 10 nitrogen and oxygen atoms in total. The van der Waals surface area contributed by atoms with Crippen LogP contribution in [0, 0.1) is 13.8 Å². The van der Waals surface area contributed by atoms with E-state index in [0.717, 1.165) is 16.7 Å². The molecule has 3 amide bonds. The van der Waals surface area contributed by atoms with Crippen LogP contribution >= 0.6 is 0 Å². The number of carbonyl (C=O) groups excluding carboxylic acids is 3. The number of aryl methyl sites for hydroxylation is 2. The summed E-state index contributed by atoms with van der Waals surface area (Å²) in [6.07, 6.45) is -1.14. The lowest BCUT2D eigenvalue weighted by Gasteiger charge is -2.28. The molecule has 1 saturated heterocycles. The predicted molar refractivity (Wildman–Crippen MR) is 191 cm³/mol.